The van der Waals surface area contributed by atoms with E-state index < -0.39 is 18.6 Å². The number of aromatic nitrogens is 5. The highest BCUT2D eigenvalue weighted by Gasteiger charge is 2.39. The molecular formula is C46H40BN5O4. The van der Waals surface area contributed by atoms with Crippen LogP contribution in [0.1, 0.15) is 47.8 Å². The molecule has 0 bridgehead atoms. The van der Waals surface area contributed by atoms with Crippen LogP contribution in [0.4, 0.5) is 0 Å². The second kappa shape index (κ2) is 14.4. The fourth-order valence-corrected chi connectivity index (χ4v) is 7.79. The number of carbonyl (C=O) groups excluding carboxylic acids is 1. The maximum Gasteiger partial charge on any atom is 0.494 e. The van der Waals surface area contributed by atoms with Gasteiger partial charge in [-0.3, -0.25) is 9.25 Å². The molecule has 1 fully saturated rings. The minimum absolute atomic E-state index is 0.116. The molecule has 0 N–H and O–H groups in total. The Hall–Kier alpha value is -6.36. The van der Waals surface area contributed by atoms with Crippen LogP contribution >= 0.6 is 0 Å². The number of benzene rings is 5. The molecule has 0 aliphatic carbocycles. The third kappa shape index (κ3) is 6.17. The summed E-state index contributed by atoms with van der Waals surface area (Å²) in [6, 6.07) is 45.3. The quantitative estimate of drug-likeness (QED) is 0.0838. The molecule has 10 heteroatoms. The highest BCUT2D eigenvalue weighted by atomic mass is 16.6. The van der Waals surface area contributed by atoms with Gasteiger partial charge in [-0.15, -0.1) is 0 Å². The summed E-state index contributed by atoms with van der Waals surface area (Å²) in [6.07, 6.45) is 5.71. The monoisotopic (exact) mass is 737 g/mol. The van der Waals surface area contributed by atoms with Crippen LogP contribution in [0.3, 0.4) is 0 Å². The Balaban J connectivity index is 1.23. The van der Waals surface area contributed by atoms with Crippen molar-refractivity contribution in [1.82, 2.24) is 24.3 Å². The zero-order valence-corrected chi connectivity index (χ0v) is 31.5. The van der Waals surface area contributed by atoms with Crippen LogP contribution in [-0.2, 0) is 19.6 Å². The van der Waals surface area contributed by atoms with Gasteiger partial charge in [0.15, 0.2) is 0 Å². The zero-order valence-electron chi connectivity index (χ0n) is 31.5. The molecule has 3 aromatic heterocycles. The molecule has 4 heterocycles. The van der Waals surface area contributed by atoms with Crippen molar-refractivity contribution in [3.8, 4) is 16.9 Å². The molecular weight excluding hydrogens is 697 g/mol. The average Bonchev–Trinajstić information content (AvgIpc) is 3.90. The fraction of sp³-hybridized carbons (Fsp3) is 0.174. The maximum atomic E-state index is 13.4. The molecule has 0 amide bonds. The first kappa shape index (κ1) is 35.4. The van der Waals surface area contributed by atoms with Gasteiger partial charge < -0.3 is 14.0 Å². The number of hydrogen-bond acceptors (Lipinski definition) is 7. The van der Waals surface area contributed by atoms with E-state index in [9.17, 15) is 4.79 Å². The van der Waals surface area contributed by atoms with E-state index in [-0.39, 0.29) is 12.0 Å². The summed E-state index contributed by atoms with van der Waals surface area (Å²) in [5, 5.41) is 6.04. The number of esters is 1. The Morgan fingerprint density at radius 3 is 2.05 bits per heavy atom. The van der Waals surface area contributed by atoms with E-state index in [1.165, 1.54) is 0 Å². The van der Waals surface area contributed by atoms with E-state index in [4.69, 9.17) is 29.1 Å². The van der Waals surface area contributed by atoms with E-state index in [1.807, 2.05) is 59.3 Å². The lowest BCUT2D eigenvalue weighted by Gasteiger charge is -2.36. The van der Waals surface area contributed by atoms with Gasteiger partial charge in [-0.2, -0.15) is 5.10 Å². The molecule has 56 heavy (non-hydrogen) atoms. The van der Waals surface area contributed by atoms with Crippen molar-refractivity contribution in [1.29, 1.82) is 0 Å². The summed E-state index contributed by atoms with van der Waals surface area (Å²) in [6.45, 7) is 7.29. The number of rotatable bonds is 9. The van der Waals surface area contributed by atoms with Gasteiger partial charge in [0, 0.05) is 35.8 Å². The molecule has 5 aromatic carbocycles. The summed E-state index contributed by atoms with van der Waals surface area (Å²) >= 11 is 0. The lowest BCUT2D eigenvalue weighted by molar-refractivity contribution is 0.0343. The van der Waals surface area contributed by atoms with Crippen molar-refractivity contribution in [3.05, 3.63) is 174 Å². The van der Waals surface area contributed by atoms with E-state index >= 15 is 0 Å². The average molecular weight is 738 g/mol. The molecule has 0 radical (unpaired) electrons. The van der Waals surface area contributed by atoms with E-state index in [0.29, 0.717) is 24.3 Å². The standard InChI is InChI=1S/C46H40BN5O4/c1-4-54-44(53)38-24-36(47-55-29-45(2,3)30-56-47)25-42-43(38)48-31-51(42)41-26-40(50-39-23-15-14-22-37(39)41)32-27-49-52(28-32)46(33-16-8-5-9-17-33,34-18-10-6-11-19-34)35-20-12-7-13-21-35/h5-28,31H,4,29-30H2,1-3H3. The number of nitrogens with zero attached hydrogens (tertiary/aromatic N) is 5. The summed E-state index contributed by atoms with van der Waals surface area (Å²) < 4.78 is 22.0. The van der Waals surface area contributed by atoms with Gasteiger partial charge in [0.05, 0.1) is 40.8 Å². The van der Waals surface area contributed by atoms with Gasteiger partial charge in [-0.05, 0) is 53.3 Å². The normalized spacial score (nSPS) is 14.3. The molecule has 9 nitrogen and oxygen atoms in total. The SMILES string of the molecule is CCOC(=O)c1cc(B2OCC(C)(C)CO2)cc2c1ncn2-c1cc(-c2cnn(C(c3ccccc3)(c3ccccc3)c3ccccc3)c2)nc2ccccc12. The van der Waals surface area contributed by atoms with Crippen LogP contribution in [-0.4, -0.2) is 57.2 Å². The first-order chi connectivity index (χ1) is 27.4. The predicted molar refractivity (Wildman–Crippen MR) is 219 cm³/mol. The highest BCUT2D eigenvalue weighted by molar-refractivity contribution is 6.62. The molecule has 1 saturated heterocycles. The smallest absolute Gasteiger partial charge is 0.462 e. The maximum absolute atomic E-state index is 13.4. The van der Waals surface area contributed by atoms with Gasteiger partial charge in [-0.25, -0.2) is 14.8 Å². The lowest BCUT2D eigenvalue weighted by atomic mass is 9.75. The largest absolute Gasteiger partial charge is 0.494 e. The number of para-hydroxylation sites is 1. The third-order valence-electron chi connectivity index (χ3n) is 10.4. The number of ether oxygens (including phenoxy) is 1. The molecule has 9 rings (SSSR count). The van der Waals surface area contributed by atoms with E-state index in [0.717, 1.165) is 55.5 Å². The van der Waals surface area contributed by atoms with Crippen LogP contribution < -0.4 is 5.46 Å². The van der Waals surface area contributed by atoms with Crippen molar-refractivity contribution in [2.45, 2.75) is 26.3 Å². The topological polar surface area (TPSA) is 93.3 Å². The summed E-state index contributed by atoms with van der Waals surface area (Å²) in [4.78, 5) is 23.4. The van der Waals surface area contributed by atoms with Crippen LogP contribution in [0.5, 0.6) is 0 Å². The Labute approximate surface area is 325 Å². The second-order valence-corrected chi connectivity index (χ2v) is 14.9. The minimum Gasteiger partial charge on any atom is -0.462 e. The number of pyridine rings is 1. The Morgan fingerprint density at radius 2 is 1.43 bits per heavy atom. The number of imidazole rings is 1. The van der Waals surface area contributed by atoms with Gasteiger partial charge in [-0.1, -0.05) is 123 Å². The Kier molecular flexibility index (Phi) is 9.08. The molecule has 0 atom stereocenters. The van der Waals surface area contributed by atoms with Gasteiger partial charge >= 0.3 is 13.1 Å². The summed E-state index contributed by atoms with van der Waals surface area (Å²) in [5.74, 6) is -0.452. The number of hydrogen-bond donors (Lipinski definition) is 0. The van der Waals surface area contributed by atoms with Crippen molar-refractivity contribution < 1.29 is 18.8 Å². The highest BCUT2D eigenvalue weighted by Crippen LogP contribution is 2.41. The second-order valence-electron chi connectivity index (χ2n) is 14.9. The number of fused-ring (bicyclic) bond motifs is 2. The summed E-state index contributed by atoms with van der Waals surface area (Å²) in [5.41, 5.74) is 7.88. The van der Waals surface area contributed by atoms with Crippen molar-refractivity contribution in [2.24, 2.45) is 5.41 Å². The van der Waals surface area contributed by atoms with Gasteiger partial charge in [0.2, 0.25) is 0 Å². The Morgan fingerprint density at radius 1 is 0.821 bits per heavy atom. The predicted octanol–water partition coefficient (Wildman–Crippen LogP) is 8.22. The third-order valence-corrected chi connectivity index (χ3v) is 10.4. The Bertz CT molecular complexity index is 2570. The van der Waals surface area contributed by atoms with Crippen molar-refractivity contribution >= 4 is 40.5 Å². The van der Waals surface area contributed by atoms with Gasteiger partial charge in [0.1, 0.15) is 17.4 Å². The van der Waals surface area contributed by atoms with Crippen molar-refractivity contribution in [3.63, 3.8) is 0 Å². The lowest BCUT2D eigenvalue weighted by Crippen LogP contribution is -2.47. The molecule has 1 aliphatic rings. The molecule has 0 spiro atoms. The first-order valence-electron chi connectivity index (χ1n) is 18.9. The fourth-order valence-electron chi connectivity index (χ4n) is 7.79. The van der Waals surface area contributed by atoms with Crippen LogP contribution in [0.15, 0.2) is 152 Å². The van der Waals surface area contributed by atoms with Crippen LogP contribution in [0, 0.1) is 5.41 Å². The van der Waals surface area contributed by atoms with Crippen LogP contribution in [0.25, 0.3) is 38.9 Å². The molecule has 0 unspecified atom stereocenters. The minimum atomic E-state index is -0.777. The summed E-state index contributed by atoms with van der Waals surface area (Å²) in [7, 11) is -0.640. The zero-order chi connectivity index (χ0) is 38.3. The molecule has 8 aromatic rings. The van der Waals surface area contributed by atoms with Crippen molar-refractivity contribution in [2.75, 3.05) is 19.8 Å². The molecule has 1 aliphatic heterocycles. The van der Waals surface area contributed by atoms with Gasteiger partial charge in [0.25, 0.3) is 0 Å². The molecule has 0 saturated carbocycles. The van der Waals surface area contributed by atoms with E-state index in [2.05, 4.69) is 104 Å². The number of carbonyl (C=O) groups is 1. The molecule has 276 valence electrons. The van der Waals surface area contributed by atoms with Crippen LogP contribution in [0.2, 0.25) is 0 Å². The first-order valence-corrected chi connectivity index (χ1v) is 18.9. The van der Waals surface area contributed by atoms with E-state index in [1.54, 1.807) is 19.3 Å².